The number of carbonyl (C=O) groups is 1. The molecule has 0 aliphatic rings. The Hall–Kier alpha value is -2.04. The average molecular weight is 276 g/mol. The number of anilines is 1. The third-order valence-corrected chi connectivity index (χ3v) is 3.10. The first kappa shape index (κ1) is 14.4. The lowest BCUT2D eigenvalue weighted by molar-refractivity contribution is -0.137. The Balaban J connectivity index is 2.09. The van der Waals surface area contributed by atoms with E-state index in [0.717, 1.165) is 22.7 Å². The molecule has 0 aliphatic carbocycles. The van der Waals surface area contributed by atoms with Crippen molar-refractivity contribution >= 4 is 22.8 Å². The summed E-state index contributed by atoms with van der Waals surface area (Å²) in [7, 11) is 0. The van der Waals surface area contributed by atoms with Crippen LogP contribution in [0.2, 0.25) is 0 Å². The summed E-state index contributed by atoms with van der Waals surface area (Å²) < 4.78 is 5.65. The Bertz CT molecular complexity index is 604. The minimum Gasteiger partial charge on any atom is -0.481 e. The molecule has 0 fully saturated rings. The molecule has 2 aromatic rings. The van der Waals surface area contributed by atoms with Crippen molar-refractivity contribution in [1.29, 1.82) is 0 Å². The molecule has 2 rings (SSSR count). The molecule has 2 N–H and O–H groups in total. The van der Waals surface area contributed by atoms with E-state index in [4.69, 9.17) is 9.52 Å². The van der Waals surface area contributed by atoms with Crippen LogP contribution in [0.1, 0.15) is 45.4 Å². The van der Waals surface area contributed by atoms with E-state index < -0.39 is 5.97 Å². The van der Waals surface area contributed by atoms with Crippen LogP contribution in [0.3, 0.4) is 0 Å². The van der Waals surface area contributed by atoms with E-state index in [0.29, 0.717) is 6.42 Å². The number of carboxylic acids is 1. The second kappa shape index (κ2) is 5.94. The average Bonchev–Trinajstić information content (AvgIpc) is 2.79. The standard InChI is InChI=1S/C15H20N2O3/c1-9(2)15-17-12-8-11(5-6-13(12)20-15)16-10(3)4-7-14(18)19/h5-6,8-10,16H,4,7H2,1-3H3,(H,18,19). The molecule has 0 spiro atoms. The van der Waals surface area contributed by atoms with E-state index in [1.54, 1.807) is 0 Å². The molecule has 1 aromatic carbocycles. The third-order valence-electron chi connectivity index (χ3n) is 3.10. The van der Waals surface area contributed by atoms with Crippen LogP contribution in [0, 0.1) is 0 Å². The van der Waals surface area contributed by atoms with Crippen LogP contribution >= 0.6 is 0 Å². The van der Waals surface area contributed by atoms with Crippen LogP contribution in [-0.2, 0) is 4.79 Å². The van der Waals surface area contributed by atoms with Crippen molar-refractivity contribution in [3.8, 4) is 0 Å². The number of fused-ring (bicyclic) bond motifs is 1. The Morgan fingerprint density at radius 2 is 2.15 bits per heavy atom. The highest BCUT2D eigenvalue weighted by Crippen LogP contribution is 2.24. The van der Waals surface area contributed by atoms with E-state index in [9.17, 15) is 4.79 Å². The van der Waals surface area contributed by atoms with Gasteiger partial charge in [-0.15, -0.1) is 0 Å². The number of rotatable bonds is 6. The van der Waals surface area contributed by atoms with Crippen LogP contribution in [0.5, 0.6) is 0 Å². The molecule has 1 aromatic heterocycles. The SMILES string of the molecule is CC(CCC(=O)O)Nc1ccc2oc(C(C)C)nc2c1. The molecule has 0 amide bonds. The zero-order valence-electron chi connectivity index (χ0n) is 12.0. The van der Waals surface area contributed by atoms with Gasteiger partial charge < -0.3 is 14.8 Å². The summed E-state index contributed by atoms with van der Waals surface area (Å²) in [5, 5.41) is 12.0. The number of carboxylic acid groups (broad SMARTS) is 1. The first-order chi connectivity index (χ1) is 9.45. The Morgan fingerprint density at radius 1 is 1.40 bits per heavy atom. The normalized spacial score (nSPS) is 12.8. The topological polar surface area (TPSA) is 75.4 Å². The molecule has 1 atom stereocenters. The molecule has 0 radical (unpaired) electrons. The van der Waals surface area contributed by atoms with E-state index in [1.165, 1.54) is 0 Å². The summed E-state index contributed by atoms with van der Waals surface area (Å²) in [4.78, 5) is 15.0. The summed E-state index contributed by atoms with van der Waals surface area (Å²) in [6.07, 6.45) is 0.751. The molecule has 20 heavy (non-hydrogen) atoms. The lowest BCUT2D eigenvalue weighted by Gasteiger charge is -2.13. The van der Waals surface area contributed by atoms with Gasteiger partial charge in [-0.05, 0) is 31.5 Å². The van der Waals surface area contributed by atoms with Crippen molar-refractivity contribution in [3.05, 3.63) is 24.1 Å². The van der Waals surface area contributed by atoms with Gasteiger partial charge in [-0.3, -0.25) is 4.79 Å². The molecule has 0 saturated heterocycles. The van der Waals surface area contributed by atoms with Gasteiger partial charge in [0.2, 0.25) is 0 Å². The van der Waals surface area contributed by atoms with Crippen molar-refractivity contribution in [1.82, 2.24) is 4.98 Å². The van der Waals surface area contributed by atoms with Crippen molar-refractivity contribution < 1.29 is 14.3 Å². The number of hydrogen-bond acceptors (Lipinski definition) is 4. The van der Waals surface area contributed by atoms with Crippen molar-refractivity contribution in [2.24, 2.45) is 0 Å². The quantitative estimate of drug-likeness (QED) is 0.842. The largest absolute Gasteiger partial charge is 0.481 e. The van der Waals surface area contributed by atoms with Crippen molar-refractivity contribution in [2.45, 2.75) is 45.6 Å². The van der Waals surface area contributed by atoms with Crippen LogP contribution in [0.25, 0.3) is 11.1 Å². The molecule has 5 heteroatoms. The summed E-state index contributed by atoms with van der Waals surface area (Å²) in [6, 6.07) is 5.84. The molecule has 5 nitrogen and oxygen atoms in total. The fraction of sp³-hybridized carbons (Fsp3) is 0.467. The fourth-order valence-corrected chi connectivity index (χ4v) is 1.98. The molecule has 1 unspecified atom stereocenters. The summed E-state index contributed by atoms with van der Waals surface area (Å²) in [5.74, 6) is 0.219. The number of nitrogens with one attached hydrogen (secondary N) is 1. The lowest BCUT2D eigenvalue weighted by atomic mass is 10.1. The van der Waals surface area contributed by atoms with Crippen LogP contribution in [-0.4, -0.2) is 22.1 Å². The molecular weight excluding hydrogens is 256 g/mol. The van der Waals surface area contributed by atoms with E-state index in [-0.39, 0.29) is 18.4 Å². The van der Waals surface area contributed by atoms with Gasteiger partial charge in [0.1, 0.15) is 5.52 Å². The summed E-state index contributed by atoms with van der Waals surface area (Å²) in [5.41, 5.74) is 2.53. The van der Waals surface area contributed by atoms with E-state index in [1.807, 2.05) is 39.0 Å². The highest BCUT2D eigenvalue weighted by molar-refractivity contribution is 5.77. The van der Waals surface area contributed by atoms with Gasteiger partial charge in [0.25, 0.3) is 0 Å². The zero-order chi connectivity index (χ0) is 14.7. The molecular formula is C15H20N2O3. The van der Waals surface area contributed by atoms with E-state index >= 15 is 0 Å². The number of oxazole rings is 1. The third kappa shape index (κ3) is 3.50. The molecule has 0 aliphatic heterocycles. The lowest BCUT2D eigenvalue weighted by Crippen LogP contribution is -2.16. The Labute approximate surface area is 118 Å². The maximum absolute atomic E-state index is 10.5. The number of nitrogens with zero attached hydrogens (tertiary/aromatic N) is 1. The number of aliphatic carboxylic acids is 1. The molecule has 0 saturated carbocycles. The Kier molecular flexibility index (Phi) is 4.27. The van der Waals surface area contributed by atoms with Gasteiger partial charge in [0.05, 0.1) is 0 Å². The fourth-order valence-electron chi connectivity index (χ4n) is 1.98. The first-order valence-electron chi connectivity index (χ1n) is 6.84. The highest BCUT2D eigenvalue weighted by Gasteiger charge is 2.11. The Morgan fingerprint density at radius 3 is 2.80 bits per heavy atom. The number of aromatic nitrogens is 1. The van der Waals surface area contributed by atoms with Crippen LogP contribution < -0.4 is 5.32 Å². The summed E-state index contributed by atoms with van der Waals surface area (Å²) >= 11 is 0. The summed E-state index contributed by atoms with van der Waals surface area (Å²) in [6.45, 7) is 6.05. The van der Waals surface area contributed by atoms with Gasteiger partial charge in [-0.25, -0.2) is 4.98 Å². The predicted molar refractivity (Wildman–Crippen MR) is 78.1 cm³/mol. The van der Waals surface area contributed by atoms with Gasteiger partial charge in [-0.1, -0.05) is 13.8 Å². The van der Waals surface area contributed by atoms with E-state index in [2.05, 4.69) is 10.3 Å². The minimum absolute atomic E-state index is 0.0972. The van der Waals surface area contributed by atoms with Crippen molar-refractivity contribution in [3.63, 3.8) is 0 Å². The smallest absolute Gasteiger partial charge is 0.303 e. The molecule has 0 bridgehead atoms. The maximum atomic E-state index is 10.5. The molecule has 1 heterocycles. The number of benzene rings is 1. The van der Waals surface area contributed by atoms with Gasteiger partial charge in [-0.2, -0.15) is 0 Å². The van der Waals surface area contributed by atoms with Gasteiger partial charge in [0.15, 0.2) is 11.5 Å². The number of hydrogen-bond donors (Lipinski definition) is 2. The first-order valence-corrected chi connectivity index (χ1v) is 6.84. The monoisotopic (exact) mass is 276 g/mol. The zero-order valence-corrected chi connectivity index (χ0v) is 12.0. The second-order valence-corrected chi connectivity index (χ2v) is 5.37. The van der Waals surface area contributed by atoms with Crippen molar-refractivity contribution in [2.75, 3.05) is 5.32 Å². The highest BCUT2D eigenvalue weighted by atomic mass is 16.4. The second-order valence-electron chi connectivity index (χ2n) is 5.37. The minimum atomic E-state index is -0.771. The van der Waals surface area contributed by atoms with Crippen LogP contribution in [0.15, 0.2) is 22.6 Å². The predicted octanol–water partition coefficient (Wildman–Crippen LogP) is 3.62. The van der Waals surface area contributed by atoms with Gasteiger partial charge >= 0.3 is 5.97 Å². The van der Waals surface area contributed by atoms with Gasteiger partial charge in [0, 0.05) is 24.1 Å². The maximum Gasteiger partial charge on any atom is 0.303 e. The molecule has 108 valence electrons. The van der Waals surface area contributed by atoms with Crippen LogP contribution in [0.4, 0.5) is 5.69 Å².